The summed E-state index contributed by atoms with van der Waals surface area (Å²) in [6.07, 6.45) is -2.50. The number of nitrogens with two attached hydrogens (primary N) is 1. The van der Waals surface area contributed by atoms with Crippen LogP contribution in [0.1, 0.15) is 12.0 Å². The molecular formula is C9H7F2NOS. The summed E-state index contributed by atoms with van der Waals surface area (Å²) >= 11 is 1.01. The molecule has 0 fully saturated rings. The highest BCUT2D eigenvalue weighted by molar-refractivity contribution is 7.21. The number of benzene rings is 1. The van der Waals surface area contributed by atoms with Crippen molar-refractivity contribution in [3.63, 3.8) is 0 Å². The second kappa shape index (κ2) is 3.09. The molecule has 0 aliphatic rings. The molecule has 0 saturated heterocycles. The molecule has 0 unspecified atom stereocenters. The Bertz CT molecular complexity index is 481. The predicted molar refractivity (Wildman–Crippen MR) is 52.9 cm³/mol. The molecule has 0 aliphatic heterocycles. The molecule has 0 saturated carbocycles. The molecule has 1 heterocycles. The van der Waals surface area contributed by atoms with Gasteiger partial charge in [-0.15, -0.1) is 0 Å². The molecule has 1 aromatic heterocycles. The lowest BCUT2D eigenvalue weighted by Gasteiger charge is -1.98. The molecule has 0 aliphatic carbocycles. The monoisotopic (exact) mass is 215 g/mol. The highest BCUT2D eigenvalue weighted by Gasteiger charge is 2.12. The topological polar surface area (TPSA) is 46.2 Å². The number of thiophene rings is 1. The van der Waals surface area contributed by atoms with E-state index in [1.165, 1.54) is 18.2 Å². The van der Waals surface area contributed by atoms with Crippen LogP contribution in [-0.4, -0.2) is 5.11 Å². The number of anilines is 1. The Hall–Kier alpha value is -1.36. The van der Waals surface area contributed by atoms with Crippen LogP contribution in [0.3, 0.4) is 0 Å². The summed E-state index contributed by atoms with van der Waals surface area (Å²) in [5.74, 6) is 0. The average Bonchev–Trinajstić information content (AvgIpc) is 2.42. The van der Waals surface area contributed by atoms with Gasteiger partial charge in [0.1, 0.15) is 0 Å². The maximum absolute atomic E-state index is 12.3. The molecule has 2 rings (SSSR count). The molecule has 14 heavy (non-hydrogen) atoms. The number of fused-ring (bicyclic) bond motifs is 1. The Morgan fingerprint density at radius 2 is 2.07 bits per heavy atom. The van der Waals surface area contributed by atoms with Crippen LogP contribution < -0.4 is 5.73 Å². The summed E-state index contributed by atoms with van der Waals surface area (Å²) < 4.78 is 25.2. The molecule has 74 valence electrons. The lowest BCUT2D eigenvalue weighted by molar-refractivity contribution is 0.151. The molecule has 0 radical (unpaired) electrons. The fourth-order valence-corrected chi connectivity index (χ4v) is 2.17. The number of rotatable bonds is 1. The first kappa shape index (κ1) is 9.21. The highest BCUT2D eigenvalue weighted by atomic mass is 32.1. The van der Waals surface area contributed by atoms with Crippen molar-refractivity contribution < 1.29 is 13.9 Å². The first-order valence-corrected chi connectivity index (χ1v) is 4.70. The summed E-state index contributed by atoms with van der Waals surface area (Å²) in [5, 5.41) is 9.88. The average molecular weight is 215 g/mol. The van der Waals surface area contributed by atoms with Crippen LogP contribution in [0.5, 0.6) is 5.06 Å². The van der Waals surface area contributed by atoms with Gasteiger partial charge in [-0.3, -0.25) is 0 Å². The molecule has 5 heteroatoms. The summed E-state index contributed by atoms with van der Waals surface area (Å²) in [4.78, 5) is 0. The minimum atomic E-state index is -2.50. The van der Waals surface area contributed by atoms with Crippen molar-refractivity contribution in [3.05, 3.63) is 23.8 Å². The highest BCUT2D eigenvalue weighted by Crippen LogP contribution is 2.40. The Morgan fingerprint density at radius 1 is 1.36 bits per heavy atom. The Balaban J connectivity index is 2.67. The standard InChI is InChI=1S/C9H7F2NOS/c10-8(11)4-1-2-5-6(3-4)14-9(13)7(5)12/h1-3,8,13H,12H2. The number of alkyl halides is 2. The maximum atomic E-state index is 12.3. The lowest BCUT2D eigenvalue weighted by atomic mass is 10.2. The number of halogens is 2. The van der Waals surface area contributed by atoms with Gasteiger partial charge in [0.15, 0.2) is 5.06 Å². The minimum absolute atomic E-state index is 0.0218. The number of hydrogen-bond acceptors (Lipinski definition) is 3. The second-order valence-corrected chi connectivity index (χ2v) is 3.91. The zero-order chi connectivity index (χ0) is 10.3. The van der Waals surface area contributed by atoms with Gasteiger partial charge in [0.05, 0.1) is 5.69 Å². The van der Waals surface area contributed by atoms with Crippen molar-refractivity contribution in [1.82, 2.24) is 0 Å². The Morgan fingerprint density at radius 3 is 2.71 bits per heavy atom. The zero-order valence-corrected chi connectivity index (χ0v) is 7.81. The van der Waals surface area contributed by atoms with E-state index in [1.807, 2.05) is 0 Å². The van der Waals surface area contributed by atoms with E-state index < -0.39 is 6.43 Å². The lowest BCUT2D eigenvalue weighted by Crippen LogP contribution is -1.84. The van der Waals surface area contributed by atoms with Gasteiger partial charge in [0.25, 0.3) is 6.43 Å². The van der Waals surface area contributed by atoms with Crippen molar-refractivity contribution >= 4 is 27.1 Å². The molecule has 1 aromatic carbocycles. The van der Waals surface area contributed by atoms with Crippen molar-refractivity contribution in [2.45, 2.75) is 6.43 Å². The van der Waals surface area contributed by atoms with E-state index in [0.717, 1.165) is 11.3 Å². The summed E-state index contributed by atoms with van der Waals surface area (Å²) in [5.41, 5.74) is 5.74. The van der Waals surface area contributed by atoms with Gasteiger partial charge >= 0.3 is 0 Å². The number of aromatic hydroxyl groups is 1. The second-order valence-electron chi connectivity index (χ2n) is 2.88. The van der Waals surface area contributed by atoms with E-state index in [-0.39, 0.29) is 16.3 Å². The molecule has 3 N–H and O–H groups in total. The van der Waals surface area contributed by atoms with Gasteiger partial charge in [0.2, 0.25) is 0 Å². The van der Waals surface area contributed by atoms with E-state index in [9.17, 15) is 13.9 Å². The Labute approximate surface area is 82.6 Å². The Kier molecular flexibility index (Phi) is 2.03. The smallest absolute Gasteiger partial charge is 0.263 e. The quantitative estimate of drug-likeness (QED) is 0.767. The fourth-order valence-electron chi connectivity index (χ4n) is 1.26. The van der Waals surface area contributed by atoms with Crippen LogP contribution in [0.2, 0.25) is 0 Å². The fraction of sp³-hybridized carbons (Fsp3) is 0.111. The number of nitrogen functional groups attached to an aromatic ring is 1. The van der Waals surface area contributed by atoms with Crippen LogP contribution in [0.4, 0.5) is 14.5 Å². The largest absolute Gasteiger partial charge is 0.498 e. The van der Waals surface area contributed by atoms with E-state index in [2.05, 4.69) is 0 Å². The van der Waals surface area contributed by atoms with Crippen molar-refractivity contribution in [1.29, 1.82) is 0 Å². The van der Waals surface area contributed by atoms with Crippen LogP contribution >= 0.6 is 11.3 Å². The molecule has 0 atom stereocenters. The van der Waals surface area contributed by atoms with Crippen LogP contribution in [0.25, 0.3) is 10.1 Å². The first-order chi connectivity index (χ1) is 6.59. The molecular weight excluding hydrogens is 208 g/mol. The van der Waals surface area contributed by atoms with Gasteiger partial charge < -0.3 is 10.8 Å². The summed E-state index contributed by atoms with van der Waals surface area (Å²) in [6.45, 7) is 0. The third-order valence-electron chi connectivity index (χ3n) is 1.98. The molecule has 2 nitrogen and oxygen atoms in total. The van der Waals surface area contributed by atoms with Crippen LogP contribution in [0, 0.1) is 0 Å². The summed E-state index contributed by atoms with van der Waals surface area (Å²) in [6, 6.07) is 4.17. The van der Waals surface area contributed by atoms with Gasteiger partial charge in [-0.2, -0.15) is 0 Å². The van der Waals surface area contributed by atoms with Crippen LogP contribution in [0.15, 0.2) is 18.2 Å². The van der Waals surface area contributed by atoms with E-state index in [4.69, 9.17) is 5.73 Å². The third kappa shape index (κ3) is 1.29. The predicted octanol–water partition coefficient (Wildman–Crippen LogP) is 3.13. The molecule has 2 aromatic rings. The molecule has 0 bridgehead atoms. The van der Waals surface area contributed by atoms with E-state index >= 15 is 0 Å². The first-order valence-electron chi connectivity index (χ1n) is 3.88. The zero-order valence-electron chi connectivity index (χ0n) is 7.00. The molecule has 0 spiro atoms. The molecule has 0 amide bonds. The summed E-state index contributed by atoms with van der Waals surface area (Å²) in [7, 11) is 0. The maximum Gasteiger partial charge on any atom is 0.263 e. The van der Waals surface area contributed by atoms with Gasteiger partial charge in [-0.25, -0.2) is 8.78 Å². The van der Waals surface area contributed by atoms with Crippen molar-refractivity contribution in [2.75, 3.05) is 5.73 Å². The minimum Gasteiger partial charge on any atom is -0.498 e. The third-order valence-corrected chi connectivity index (χ3v) is 2.96. The van der Waals surface area contributed by atoms with E-state index in [0.29, 0.717) is 10.1 Å². The van der Waals surface area contributed by atoms with Gasteiger partial charge in [0, 0.05) is 15.6 Å². The van der Waals surface area contributed by atoms with Crippen molar-refractivity contribution in [3.8, 4) is 5.06 Å². The van der Waals surface area contributed by atoms with Crippen LogP contribution in [-0.2, 0) is 0 Å². The SMILES string of the molecule is Nc1c(O)sc2cc(C(F)F)ccc12. The van der Waals surface area contributed by atoms with Crippen molar-refractivity contribution in [2.24, 2.45) is 0 Å². The van der Waals surface area contributed by atoms with E-state index in [1.54, 1.807) is 0 Å². The van der Waals surface area contributed by atoms with Gasteiger partial charge in [-0.1, -0.05) is 23.5 Å². The number of hydrogen-bond donors (Lipinski definition) is 2. The normalized spacial score (nSPS) is 11.4. The van der Waals surface area contributed by atoms with Gasteiger partial charge in [-0.05, 0) is 6.07 Å².